The fourth-order valence-electron chi connectivity index (χ4n) is 6.94. The van der Waals surface area contributed by atoms with E-state index >= 15 is 0 Å². The van der Waals surface area contributed by atoms with Gasteiger partial charge in [0.05, 0.1) is 24.9 Å². The Morgan fingerprint density at radius 2 is 1.10 bits per heavy atom. The Hall–Kier alpha value is -1.05. The molecule has 0 amide bonds. The van der Waals surface area contributed by atoms with E-state index in [2.05, 4.69) is 6.92 Å². The van der Waals surface area contributed by atoms with E-state index in [1.165, 1.54) is 6.92 Å². The second-order valence-corrected chi connectivity index (χ2v) is 14.0. The van der Waals surface area contributed by atoms with Crippen LogP contribution in [0, 0.1) is 0 Å². The summed E-state index contributed by atoms with van der Waals surface area (Å²) in [6, 6.07) is 0. The third kappa shape index (κ3) is 10.7. The lowest BCUT2D eigenvalue weighted by molar-refractivity contribution is -0.393. The minimum absolute atomic E-state index is 0.0673. The van der Waals surface area contributed by atoms with Crippen LogP contribution in [0.5, 0.6) is 0 Å². The molecule has 49 heavy (non-hydrogen) atoms. The summed E-state index contributed by atoms with van der Waals surface area (Å²) in [6.45, 7) is 4.48. The number of unbranched alkanes of at least 4 members (excludes halogenated alkanes) is 2. The first-order chi connectivity index (χ1) is 23.5. The highest BCUT2D eigenvalue weighted by molar-refractivity contribution is 5.69. The van der Waals surface area contributed by atoms with Gasteiger partial charge in [0.15, 0.2) is 25.0 Å². The number of esters is 1. The number of aliphatic hydroxyl groups excluding tert-OH is 7. The number of rotatable bonds is 5. The van der Waals surface area contributed by atoms with Crippen LogP contribution in [0.4, 0.5) is 0 Å². The van der Waals surface area contributed by atoms with Crippen molar-refractivity contribution in [1.29, 1.82) is 0 Å². The molecule has 0 aliphatic carbocycles. The van der Waals surface area contributed by atoms with Crippen LogP contribution >= 0.6 is 0 Å². The lowest BCUT2D eigenvalue weighted by Crippen LogP contribution is -2.66. The molecule has 15 heteroatoms. The summed E-state index contributed by atoms with van der Waals surface area (Å²) in [5.74, 6) is -0.637. The summed E-state index contributed by atoms with van der Waals surface area (Å²) in [7, 11) is 0. The molecule has 16 atom stereocenters. The van der Waals surface area contributed by atoms with Gasteiger partial charge in [0.2, 0.25) is 0 Å². The number of ether oxygens (including phenoxy) is 7. The van der Waals surface area contributed by atoms with Crippen LogP contribution in [-0.2, 0) is 38.0 Å². The van der Waals surface area contributed by atoms with Crippen LogP contribution in [0.25, 0.3) is 0 Å². The number of hydrogen-bond donors (Lipinski definition) is 7. The Morgan fingerprint density at radius 3 is 1.69 bits per heavy atom. The molecule has 7 N–H and O–H groups in total. The summed E-state index contributed by atoms with van der Waals surface area (Å²) in [4.78, 5) is 12.9. The van der Waals surface area contributed by atoms with E-state index in [1.807, 2.05) is 0 Å². The summed E-state index contributed by atoms with van der Waals surface area (Å²) in [6.07, 6.45) is -11.0. The molecule has 0 aromatic heterocycles. The third-order valence-corrected chi connectivity index (χ3v) is 10.1. The number of hydrogen-bond acceptors (Lipinski definition) is 15. The van der Waals surface area contributed by atoms with E-state index in [1.54, 1.807) is 6.92 Å². The summed E-state index contributed by atoms with van der Waals surface area (Å²) < 4.78 is 42.1. The van der Waals surface area contributed by atoms with E-state index in [0.29, 0.717) is 6.42 Å². The monoisotopic (exact) mass is 708 g/mol. The number of carbonyl (C=O) groups is 1. The van der Waals surface area contributed by atoms with Crippen molar-refractivity contribution >= 4 is 5.97 Å². The standard InChI is InChI=1S/C34H60O15/c1-4-5-11-14-20-15-12-9-7-6-8-10-13-16-22(36)47-29-26(40)23(37)19(3)44-33(29)48-31-28(42)25(39)21(17-35)46-34(31)49-30-27(41)24(38)18(2)43-32(30)45-20/h18-21,23-35,37-42H,4-17H2,1-3H3/t18-,19+,20+,21-,23+,24+,25-,26-,27+,28+,29+,30+,31-,32-,33-,34+/m1/s1. The van der Waals surface area contributed by atoms with Crippen LogP contribution in [0.1, 0.15) is 104 Å². The molecule has 0 aromatic rings. The predicted molar refractivity (Wildman–Crippen MR) is 171 cm³/mol. The minimum Gasteiger partial charge on any atom is -0.454 e. The molecule has 286 valence electrons. The zero-order valence-electron chi connectivity index (χ0n) is 29.0. The summed E-state index contributed by atoms with van der Waals surface area (Å²) in [5, 5.41) is 75.6. The van der Waals surface area contributed by atoms with Crippen molar-refractivity contribution in [3.05, 3.63) is 0 Å². The molecule has 0 aromatic carbocycles. The van der Waals surface area contributed by atoms with Gasteiger partial charge in [-0.1, -0.05) is 64.7 Å². The molecule has 4 fully saturated rings. The van der Waals surface area contributed by atoms with E-state index < -0.39 is 105 Å². The summed E-state index contributed by atoms with van der Waals surface area (Å²) >= 11 is 0. The van der Waals surface area contributed by atoms with Crippen molar-refractivity contribution in [1.82, 2.24) is 0 Å². The van der Waals surface area contributed by atoms with Gasteiger partial charge in [0.25, 0.3) is 0 Å². The van der Waals surface area contributed by atoms with Crippen molar-refractivity contribution in [2.45, 2.75) is 202 Å². The maximum absolute atomic E-state index is 12.9. The van der Waals surface area contributed by atoms with Crippen molar-refractivity contribution in [3.8, 4) is 0 Å². The molecule has 4 saturated heterocycles. The molecule has 0 bridgehead atoms. The molecule has 4 rings (SSSR count). The zero-order chi connectivity index (χ0) is 35.7. The second-order valence-electron chi connectivity index (χ2n) is 14.0. The first kappa shape index (κ1) is 40.7. The van der Waals surface area contributed by atoms with Gasteiger partial charge in [-0.25, -0.2) is 0 Å². The van der Waals surface area contributed by atoms with Crippen molar-refractivity contribution in [3.63, 3.8) is 0 Å². The Bertz CT molecular complexity index is 974. The van der Waals surface area contributed by atoms with Gasteiger partial charge in [-0.3, -0.25) is 4.79 Å². The maximum Gasteiger partial charge on any atom is 0.306 e. The van der Waals surface area contributed by atoms with E-state index in [9.17, 15) is 40.5 Å². The SMILES string of the molecule is CCCCC[C@H]1CCCCCCCCCC(=O)O[C@@H]2[C@@H](O[C@H]3[C@H](O[C@@H]4[C@@H](O1)O[C@H](C)[C@H](O)[C@@H]4O)O[C@H](CO)[C@@H](O)[C@@H]3O)O[C@@H](C)[C@H](O)[C@H]2O. The molecule has 4 aliphatic rings. The molecular weight excluding hydrogens is 648 g/mol. The topological polar surface area (TPSA) is 223 Å². The third-order valence-electron chi connectivity index (χ3n) is 10.1. The molecule has 4 heterocycles. The molecule has 0 saturated carbocycles. The predicted octanol–water partition coefficient (Wildman–Crippen LogP) is 0.531. The molecule has 0 spiro atoms. The Balaban J connectivity index is 1.67. The van der Waals surface area contributed by atoms with Gasteiger partial charge in [-0.2, -0.15) is 0 Å². The fourth-order valence-corrected chi connectivity index (χ4v) is 6.94. The van der Waals surface area contributed by atoms with Crippen LogP contribution in [0.2, 0.25) is 0 Å². The normalized spacial score (nSPS) is 45.6. The quantitative estimate of drug-likeness (QED) is 0.153. The highest BCUT2D eigenvalue weighted by atomic mass is 16.8. The average molecular weight is 709 g/mol. The van der Waals surface area contributed by atoms with Gasteiger partial charge in [-0.15, -0.1) is 0 Å². The van der Waals surface area contributed by atoms with E-state index in [-0.39, 0.29) is 12.5 Å². The second kappa shape index (κ2) is 19.7. The molecule has 4 aliphatic heterocycles. The first-order valence-corrected chi connectivity index (χ1v) is 18.3. The summed E-state index contributed by atoms with van der Waals surface area (Å²) in [5.41, 5.74) is 0. The van der Waals surface area contributed by atoms with Gasteiger partial charge in [-0.05, 0) is 33.1 Å². The van der Waals surface area contributed by atoms with Crippen LogP contribution in [0.15, 0.2) is 0 Å². The number of carbonyl (C=O) groups excluding carboxylic acids is 1. The lowest BCUT2D eigenvalue weighted by atomic mass is 9.96. The fraction of sp³-hybridized carbons (Fsp3) is 0.971. The van der Waals surface area contributed by atoms with Gasteiger partial charge < -0.3 is 68.9 Å². The first-order valence-electron chi connectivity index (χ1n) is 18.3. The minimum atomic E-state index is -1.77. The van der Waals surface area contributed by atoms with Crippen molar-refractivity contribution in [2.24, 2.45) is 0 Å². The average Bonchev–Trinajstić information content (AvgIpc) is 3.07. The van der Waals surface area contributed by atoms with Gasteiger partial charge >= 0.3 is 5.97 Å². The Morgan fingerprint density at radius 1 is 0.592 bits per heavy atom. The maximum atomic E-state index is 12.9. The van der Waals surface area contributed by atoms with Crippen LogP contribution in [0.3, 0.4) is 0 Å². The van der Waals surface area contributed by atoms with Crippen LogP contribution in [-0.4, -0.2) is 147 Å². The zero-order valence-corrected chi connectivity index (χ0v) is 29.0. The smallest absolute Gasteiger partial charge is 0.306 e. The van der Waals surface area contributed by atoms with Gasteiger partial charge in [0, 0.05) is 6.42 Å². The Kier molecular flexibility index (Phi) is 16.4. The highest BCUT2D eigenvalue weighted by Crippen LogP contribution is 2.35. The molecular formula is C34H60O15. The lowest BCUT2D eigenvalue weighted by Gasteiger charge is -2.48. The highest BCUT2D eigenvalue weighted by Gasteiger charge is 2.54. The van der Waals surface area contributed by atoms with Crippen molar-refractivity contribution in [2.75, 3.05) is 6.61 Å². The number of aliphatic hydroxyl groups is 7. The molecule has 0 radical (unpaired) electrons. The largest absolute Gasteiger partial charge is 0.454 e. The van der Waals surface area contributed by atoms with E-state index in [4.69, 9.17) is 33.2 Å². The Labute approximate surface area is 288 Å². The van der Waals surface area contributed by atoms with Gasteiger partial charge in [0.1, 0.15) is 54.9 Å². The molecule has 15 nitrogen and oxygen atoms in total. The molecule has 0 unspecified atom stereocenters. The van der Waals surface area contributed by atoms with Crippen molar-refractivity contribution < 1.29 is 73.7 Å². The number of fused-ring (bicyclic) bond motifs is 3. The van der Waals surface area contributed by atoms with Crippen LogP contribution < -0.4 is 0 Å². The van der Waals surface area contributed by atoms with E-state index in [0.717, 1.165) is 70.6 Å².